The minimum absolute atomic E-state index is 0.266. The van der Waals surface area contributed by atoms with E-state index in [1.807, 2.05) is 41.6 Å². The Hall–Kier alpha value is -1.04. The third-order valence-electron chi connectivity index (χ3n) is 3.16. The molecular weight excluding hydrogens is 286 g/mol. The predicted octanol–water partition coefficient (Wildman–Crippen LogP) is 2.76. The van der Waals surface area contributed by atoms with Crippen molar-refractivity contribution in [1.29, 1.82) is 0 Å². The van der Waals surface area contributed by atoms with Gasteiger partial charge in [-0.3, -0.25) is 0 Å². The van der Waals surface area contributed by atoms with Crippen molar-refractivity contribution in [1.82, 2.24) is 4.31 Å². The first kappa shape index (κ1) is 18.0. The summed E-state index contributed by atoms with van der Waals surface area (Å²) < 4.78 is 19.3. The zero-order valence-electron chi connectivity index (χ0n) is 13.1. The van der Waals surface area contributed by atoms with Crippen LogP contribution in [0.3, 0.4) is 0 Å². The lowest BCUT2D eigenvalue weighted by atomic mass is 10.1. The fourth-order valence-corrected chi connectivity index (χ4v) is 3.52. The van der Waals surface area contributed by atoms with Crippen molar-refractivity contribution in [2.75, 3.05) is 18.9 Å². The zero-order chi connectivity index (χ0) is 15.7. The van der Waals surface area contributed by atoms with E-state index in [4.69, 9.17) is 4.74 Å². The molecule has 0 unspecified atom stereocenters. The molecule has 2 atom stereocenters. The fraction of sp³-hybridized carbons (Fsp3) is 0.562. The molecule has 0 bridgehead atoms. The molecule has 0 N–H and O–H groups in total. The summed E-state index contributed by atoms with van der Waals surface area (Å²) in [5.41, 5.74) is 0.586. The molecule has 0 aromatic carbocycles. The van der Waals surface area contributed by atoms with Crippen LogP contribution in [0.5, 0.6) is 0 Å². The maximum atomic E-state index is 12.4. The molecule has 0 aliphatic carbocycles. The van der Waals surface area contributed by atoms with Gasteiger partial charge in [0.15, 0.2) is 0 Å². The normalized spacial score (nSPS) is 21.1. The van der Waals surface area contributed by atoms with Crippen LogP contribution in [-0.2, 0) is 20.9 Å². The SMILES string of the molecule is C/C=C/C=C/[C@@H]1C(C(=O)OCC)=CCN1[S@@+]([O-])CCCC. The van der Waals surface area contributed by atoms with Crippen molar-refractivity contribution >= 4 is 17.3 Å². The molecule has 0 fully saturated rings. The van der Waals surface area contributed by atoms with Crippen molar-refractivity contribution < 1.29 is 14.1 Å². The molecular formula is C16H25NO3S. The van der Waals surface area contributed by atoms with Gasteiger partial charge in [-0.05, 0) is 20.3 Å². The molecule has 21 heavy (non-hydrogen) atoms. The average Bonchev–Trinajstić information content (AvgIpc) is 2.89. The van der Waals surface area contributed by atoms with Gasteiger partial charge >= 0.3 is 5.97 Å². The van der Waals surface area contributed by atoms with Crippen molar-refractivity contribution in [2.45, 2.75) is 39.7 Å². The van der Waals surface area contributed by atoms with Gasteiger partial charge < -0.3 is 9.29 Å². The lowest BCUT2D eigenvalue weighted by molar-refractivity contribution is -0.138. The highest BCUT2D eigenvalue weighted by molar-refractivity contribution is 7.89. The Kier molecular flexibility index (Phi) is 8.42. The van der Waals surface area contributed by atoms with Gasteiger partial charge in [0.25, 0.3) is 0 Å². The highest BCUT2D eigenvalue weighted by Crippen LogP contribution is 2.25. The summed E-state index contributed by atoms with van der Waals surface area (Å²) in [5, 5.41) is 0. The maximum absolute atomic E-state index is 12.4. The molecule has 0 saturated carbocycles. The molecule has 0 amide bonds. The van der Waals surface area contributed by atoms with Crippen LogP contribution in [0, 0.1) is 0 Å². The average molecular weight is 311 g/mol. The van der Waals surface area contributed by atoms with Gasteiger partial charge in [0.1, 0.15) is 11.8 Å². The van der Waals surface area contributed by atoms with Crippen LogP contribution in [0.15, 0.2) is 36.0 Å². The summed E-state index contributed by atoms with van der Waals surface area (Å²) in [6.07, 6.45) is 11.4. The first-order chi connectivity index (χ1) is 10.2. The number of carbonyl (C=O) groups excluding carboxylic acids is 1. The Labute approximate surface area is 130 Å². The molecule has 5 heteroatoms. The molecule has 0 radical (unpaired) electrons. The molecule has 1 aliphatic rings. The fourth-order valence-electron chi connectivity index (χ4n) is 2.07. The Morgan fingerprint density at radius 1 is 1.52 bits per heavy atom. The molecule has 0 spiro atoms. The van der Waals surface area contributed by atoms with E-state index in [0.717, 1.165) is 12.8 Å². The molecule has 0 saturated heterocycles. The Balaban J connectivity index is 2.83. The number of allylic oxidation sites excluding steroid dienone is 3. The van der Waals surface area contributed by atoms with Gasteiger partial charge in [-0.15, -0.1) is 4.31 Å². The molecule has 1 rings (SSSR count). The summed E-state index contributed by atoms with van der Waals surface area (Å²) in [5.74, 6) is 0.316. The summed E-state index contributed by atoms with van der Waals surface area (Å²) >= 11 is -1.07. The first-order valence-electron chi connectivity index (χ1n) is 7.47. The number of nitrogens with zero attached hydrogens (tertiary/aromatic N) is 1. The van der Waals surface area contributed by atoms with Crippen LogP contribution in [0.4, 0.5) is 0 Å². The largest absolute Gasteiger partial charge is 0.598 e. The number of hydrogen-bond donors (Lipinski definition) is 0. The Morgan fingerprint density at radius 3 is 2.90 bits per heavy atom. The predicted molar refractivity (Wildman–Crippen MR) is 87.1 cm³/mol. The number of carbonyl (C=O) groups is 1. The van der Waals surface area contributed by atoms with Crippen LogP contribution >= 0.6 is 0 Å². The highest BCUT2D eigenvalue weighted by atomic mass is 32.2. The standard InChI is InChI=1S/C16H25NO3S/c1-4-7-9-10-15-14(16(18)20-6-3)11-12-17(15)21(19)13-8-5-2/h4,7,9-11,15H,5-6,8,12-13H2,1-3H3/b7-4+,10-9+/t15-,21+/m1/s1. The second-order valence-electron chi connectivity index (χ2n) is 4.71. The van der Waals surface area contributed by atoms with E-state index in [0.29, 0.717) is 24.5 Å². The zero-order valence-corrected chi connectivity index (χ0v) is 13.9. The molecule has 0 aromatic rings. The Bertz CT molecular complexity index is 418. The van der Waals surface area contributed by atoms with Crippen LogP contribution in [0.1, 0.15) is 33.6 Å². The van der Waals surface area contributed by atoms with Crippen LogP contribution in [0.25, 0.3) is 0 Å². The van der Waals surface area contributed by atoms with Gasteiger partial charge in [-0.2, -0.15) is 0 Å². The second kappa shape index (κ2) is 9.82. The number of unbranched alkanes of at least 4 members (excludes halogenated alkanes) is 1. The number of ether oxygens (including phenoxy) is 1. The maximum Gasteiger partial charge on any atom is 0.335 e. The topological polar surface area (TPSA) is 52.6 Å². The first-order valence-corrected chi connectivity index (χ1v) is 8.75. The van der Waals surface area contributed by atoms with Gasteiger partial charge in [0.05, 0.1) is 18.7 Å². The lowest BCUT2D eigenvalue weighted by Crippen LogP contribution is -2.39. The summed E-state index contributed by atoms with van der Waals surface area (Å²) in [4.78, 5) is 12.0. The van der Waals surface area contributed by atoms with E-state index < -0.39 is 11.4 Å². The van der Waals surface area contributed by atoms with Crippen molar-refractivity contribution in [3.8, 4) is 0 Å². The van der Waals surface area contributed by atoms with E-state index in [9.17, 15) is 9.35 Å². The van der Waals surface area contributed by atoms with Crippen LogP contribution < -0.4 is 0 Å². The highest BCUT2D eigenvalue weighted by Gasteiger charge is 2.37. The summed E-state index contributed by atoms with van der Waals surface area (Å²) in [6.45, 7) is 6.66. The van der Waals surface area contributed by atoms with E-state index >= 15 is 0 Å². The number of hydrogen-bond acceptors (Lipinski definition) is 4. The van der Waals surface area contributed by atoms with Gasteiger partial charge in [-0.25, -0.2) is 4.79 Å². The van der Waals surface area contributed by atoms with Gasteiger partial charge in [0.2, 0.25) is 0 Å². The summed E-state index contributed by atoms with van der Waals surface area (Å²) in [6, 6.07) is -0.266. The van der Waals surface area contributed by atoms with E-state index in [1.165, 1.54) is 0 Å². The third-order valence-corrected chi connectivity index (χ3v) is 4.70. The number of rotatable bonds is 8. The summed E-state index contributed by atoms with van der Waals surface area (Å²) in [7, 11) is 0. The monoisotopic (exact) mass is 311 g/mol. The molecule has 4 nitrogen and oxygen atoms in total. The third kappa shape index (κ3) is 5.34. The van der Waals surface area contributed by atoms with Crippen LogP contribution in [0.2, 0.25) is 0 Å². The van der Waals surface area contributed by atoms with E-state index in [1.54, 1.807) is 6.92 Å². The number of esters is 1. The van der Waals surface area contributed by atoms with Crippen molar-refractivity contribution in [3.63, 3.8) is 0 Å². The molecule has 118 valence electrons. The quantitative estimate of drug-likeness (QED) is 0.393. The van der Waals surface area contributed by atoms with Crippen molar-refractivity contribution in [3.05, 3.63) is 36.0 Å². The molecule has 0 aromatic heterocycles. The Morgan fingerprint density at radius 2 is 2.29 bits per heavy atom. The van der Waals surface area contributed by atoms with E-state index in [2.05, 4.69) is 6.92 Å². The smallest absolute Gasteiger partial charge is 0.335 e. The minimum atomic E-state index is -1.07. The van der Waals surface area contributed by atoms with Gasteiger partial charge in [0, 0.05) is 11.4 Å². The lowest BCUT2D eigenvalue weighted by Gasteiger charge is -2.25. The molecule has 1 heterocycles. The minimum Gasteiger partial charge on any atom is -0.598 e. The van der Waals surface area contributed by atoms with Gasteiger partial charge in [-0.1, -0.05) is 43.7 Å². The van der Waals surface area contributed by atoms with E-state index in [-0.39, 0.29) is 12.0 Å². The second-order valence-corrected chi connectivity index (χ2v) is 6.23. The van der Waals surface area contributed by atoms with Crippen LogP contribution in [-0.4, -0.2) is 39.8 Å². The van der Waals surface area contributed by atoms with Crippen molar-refractivity contribution in [2.24, 2.45) is 0 Å². The molecule has 1 aliphatic heterocycles.